The number of rotatable bonds is 20. The summed E-state index contributed by atoms with van der Waals surface area (Å²) in [5.41, 5.74) is 0.493. The first-order chi connectivity index (χ1) is 13.0. The van der Waals surface area contributed by atoms with Gasteiger partial charge in [-0.1, -0.05) is 148 Å². The van der Waals surface area contributed by atoms with E-state index < -0.39 is 0 Å². The van der Waals surface area contributed by atoms with Crippen molar-refractivity contribution in [2.24, 2.45) is 0 Å². The first-order valence-electron chi connectivity index (χ1n) is 11.1. The van der Waals surface area contributed by atoms with Crippen LogP contribution < -0.4 is 0 Å². The predicted octanol–water partition coefficient (Wildman–Crippen LogP) is 7.70. The zero-order valence-corrected chi connectivity index (χ0v) is 23.3. The van der Waals surface area contributed by atoms with Crippen molar-refractivity contribution in [3.63, 3.8) is 0 Å². The SMILES string of the molecule is C=C(C)C(=O)OCCCCCCCCCCCCCCCCC[SiH2]C(I)I. The van der Waals surface area contributed by atoms with E-state index >= 15 is 0 Å². The number of carbonyl (C=O) groups excluding carboxylic acids is 1. The minimum atomic E-state index is -0.252. The highest BCUT2D eigenvalue weighted by Crippen LogP contribution is 2.15. The van der Waals surface area contributed by atoms with Crippen LogP contribution in [0.5, 0.6) is 0 Å². The molecule has 0 rings (SSSR count). The van der Waals surface area contributed by atoms with Gasteiger partial charge in [0.2, 0.25) is 0 Å². The first-order valence-corrected chi connectivity index (χ1v) is 15.5. The second-order valence-electron chi connectivity index (χ2n) is 7.75. The Morgan fingerprint density at radius 3 is 1.52 bits per heavy atom. The minimum Gasteiger partial charge on any atom is -0.462 e. The molecular formula is C22H42I2O2Si. The van der Waals surface area contributed by atoms with E-state index in [1.165, 1.54) is 89.9 Å². The van der Waals surface area contributed by atoms with E-state index in [-0.39, 0.29) is 15.5 Å². The summed E-state index contributed by atoms with van der Waals surface area (Å²) in [5, 5.41) is 0. The molecule has 0 heterocycles. The first kappa shape index (κ1) is 27.9. The van der Waals surface area contributed by atoms with Crippen LogP contribution in [0.4, 0.5) is 0 Å². The lowest BCUT2D eigenvalue weighted by Gasteiger charge is -2.05. The highest BCUT2D eigenvalue weighted by atomic mass is 127. The van der Waals surface area contributed by atoms with Gasteiger partial charge in [-0.3, -0.25) is 0 Å². The van der Waals surface area contributed by atoms with E-state index in [0.29, 0.717) is 12.2 Å². The number of unbranched alkanes of at least 4 members (excludes halogenated alkanes) is 14. The molecule has 0 amide bonds. The summed E-state index contributed by atoms with van der Waals surface area (Å²) in [5.74, 6) is -0.252. The normalized spacial score (nSPS) is 11.6. The molecule has 0 N–H and O–H groups in total. The van der Waals surface area contributed by atoms with Crippen LogP contribution in [-0.2, 0) is 9.53 Å². The van der Waals surface area contributed by atoms with Crippen LogP contribution in [0, 0.1) is 0 Å². The van der Waals surface area contributed by atoms with Crippen LogP contribution >= 0.6 is 45.2 Å². The Balaban J connectivity index is 3.07. The number of alkyl halides is 2. The number of halogens is 2. The third-order valence-corrected chi connectivity index (χ3v) is 9.98. The Bertz CT molecular complexity index is 362. The third kappa shape index (κ3) is 23.0. The van der Waals surface area contributed by atoms with Crippen LogP contribution in [0.25, 0.3) is 0 Å². The van der Waals surface area contributed by atoms with Crippen molar-refractivity contribution in [2.45, 2.75) is 111 Å². The molecule has 0 spiro atoms. The average Bonchev–Trinajstić information content (AvgIpc) is 2.63. The fraction of sp³-hybridized carbons (Fsp3) is 0.864. The van der Waals surface area contributed by atoms with Crippen molar-refractivity contribution in [1.29, 1.82) is 0 Å². The molecule has 5 heteroatoms. The van der Waals surface area contributed by atoms with Gasteiger partial charge in [0.05, 0.1) is 6.61 Å². The molecule has 0 aromatic heterocycles. The monoisotopic (exact) mass is 620 g/mol. The van der Waals surface area contributed by atoms with Gasteiger partial charge < -0.3 is 4.74 Å². The number of esters is 1. The molecule has 0 aliphatic heterocycles. The molecule has 0 bridgehead atoms. The molecule has 0 atom stereocenters. The summed E-state index contributed by atoms with van der Waals surface area (Å²) in [7, 11) is 0.227. The van der Waals surface area contributed by atoms with E-state index in [1.807, 2.05) is 0 Å². The van der Waals surface area contributed by atoms with E-state index in [1.54, 1.807) is 13.0 Å². The Morgan fingerprint density at radius 1 is 0.778 bits per heavy atom. The molecule has 0 aromatic carbocycles. The zero-order valence-electron chi connectivity index (χ0n) is 17.6. The molecule has 0 aromatic rings. The van der Waals surface area contributed by atoms with E-state index in [9.17, 15) is 4.79 Å². The van der Waals surface area contributed by atoms with E-state index in [4.69, 9.17) is 4.74 Å². The summed E-state index contributed by atoms with van der Waals surface area (Å²) in [6.45, 7) is 5.82. The number of hydrogen-bond donors (Lipinski definition) is 0. The summed E-state index contributed by atoms with van der Waals surface area (Å²) in [4.78, 5) is 11.2. The molecule has 0 saturated heterocycles. The fourth-order valence-electron chi connectivity index (χ4n) is 3.16. The van der Waals surface area contributed by atoms with Gasteiger partial charge in [0.25, 0.3) is 0 Å². The van der Waals surface area contributed by atoms with Crippen molar-refractivity contribution >= 4 is 60.7 Å². The molecule has 27 heavy (non-hydrogen) atoms. The van der Waals surface area contributed by atoms with Crippen molar-refractivity contribution in [3.8, 4) is 0 Å². The predicted molar refractivity (Wildman–Crippen MR) is 140 cm³/mol. The van der Waals surface area contributed by atoms with Gasteiger partial charge in [0.15, 0.2) is 0 Å². The summed E-state index contributed by atoms with van der Waals surface area (Å²) < 4.78 is 6.06. The number of carbonyl (C=O) groups is 1. The highest BCUT2D eigenvalue weighted by Gasteiger charge is 2.02. The Kier molecular flexibility index (Phi) is 22.3. The zero-order chi connectivity index (χ0) is 20.2. The smallest absolute Gasteiger partial charge is 0.333 e. The maximum absolute atomic E-state index is 11.2. The van der Waals surface area contributed by atoms with Crippen molar-refractivity contribution < 1.29 is 9.53 Å². The number of ether oxygens (including phenoxy) is 1. The van der Waals surface area contributed by atoms with E-state index in [2.05, 4.69) is 51.8 Å². The lowest BCUT2D eigenvalue weighted by molar-refractivity contribution is -0.139. The van der Waals surface area contributed by atoms with Crippen molar-refractivity contribution in [3.05, 3.63) is 12.2 Å². The summed E-state index contributed by atoms with van der Waals surface area (Å²) >= 11 is 5.16. The highest BCUT2D eigenvalue weighted by molar-refractivity contribution is 14.2. The Morgan fingerprint density at radius 2 is 1.15 bits per heavy atom. The fourth-order valence-corrected chi connectivity index (χ4v) is 6.76. The quantitative estimate of drug-likeness (QED) is 0.0349. The third-order valence-electron chi connectivity index (χ3n) is 4.90. The molecule has 0 saturated carbocycles. The average molecular weight is 620 g/mol. The molecule has 2 nitrogen and oxygen atoms in total. The van der Waals surface area contributed by atoms with Crippen LogP contribution in [0.3, 0.4) is 0 Å². The van der Waals surface area contributed by atoms with Gasteiger partial charge in [-0.15, -0.1) is 0 Å². The van der Waals surface area contributed by atoms with Crippen molar-refractivity contribution in [1.82, 2.24) is 0 Å². The maximum Gasteiger partial charge on any atom is 0.333 e. The van der Waals surface area contributed by atoms with Crippen LogP contribution in [0.15, 0.2) is 12.2 Å². The largest absolute Gasteiger partial charge is 0.462 e. The lowest BCUT2D eigenvalue weighted by Crippen LogP contribution is -2.05. The van der Waals surface area contributed by atoms with E-state index in [0.717, 1.165) is 7.98 Å². The Hall–Kier alpha value is 0.887. The lowest BCUT2D eigenvalue weighted by atomic mass is 10.0. The molecule has 160 valence electrons. The molecule has 0 aliphatic carbocycles. The van der Waals surface area contributed by atoms with Crippen LogP contribution in [-0.4, -0.2) is 23.7 Å². The van der Waals surface area contributed by atoms with Crippen LogP contribution in [0.2, 0.25) is 6.04 Å². The molecule has 0 aliphatic rings. The maximum atomic E-state index is 11.2. The van der Waals surface area contributed by atoms with Crippen molar-refractivity contribution in [2.75, 3.05) is 6.61 Å². The van der Waals surface area contributed by atoms with Crippen LogP contribution in [0.1, 0.15) is 103 Å². The molecule has 0 radical (unpaired) electrons. The van der Waals surface area contributed by atoms with Gasteiger partial charge in [-0.25, -0.2) is 4.79 Å². The van der Waals surface area contributed by atoms with Gasteiger partial charge >= 0.3 is 5.97 Å². The second kappa shape index (κ2) is 21.6. The van der Waals surface area contributed by atoms with Gasteiger partial charge in [-0.05, 0) is 13.3 Å². The molecular weight excluding hydrogens is 578 g/mol. The number of hydrogen-bond acceptors (Lipinski definition) is 2. The molecule has 0 unspecified atom stereocenters. The van der Waals surface area contributed by atoms with Gasteiger partial charge in [0.1, 0.15) is 0 Å². The molecule has 0 fully saturated rings. The minimum absolute atomic E-state index is 0.227. The second-order valence-corrected chi connectivity index (χ2v) is 18.6. The summed E-state index contributed by atoms with van der Waals surface area (Å²) in [6, 6.07) is 1.55. The Labute approximate surface area is 198 Å². The standard InChI is InChI=1S/C22H42I2O2Si/c1-20(2)21(25)26-18-16-14-12-10-8-6-4-3-5-7-9-11-13-15-17-19-27-22(23)24/h22H,1,3-19,27H2,2H3. The van der Waals surface area contributed by atoms with Gasteiger partial charge in [0, 0.05) is 16.6 Å². The van der Waals surface area contributed by atoms with Gasteiger partial charge in [-0.2, -0.15) is 0 Å². The summed E-state index contributed by atoms with van der Waals surface area (Å²) in [6.07, 6.45) is 20.6. The topological polar surface area (TPSA) is 26.3 Å².